The lowest BCUT2D eigenvalue weighted by Crippen LogP contribution is -2.39. The number of hydrogen-bond acceptors (Lipinski definition) is 5. The summed E-state index contributed by atoms with van der Waals surface area (Å²) in [4.78, 5) is 11.9. The molecule has 0 unspecified atom stereocenters. The van der Waals surface area contributed by atoms with Gasteiger partial charge in [-0.1, -0.05) is 42.5 Å². The highest BCUT2D eigenvalue weighted by atomic mass is 16.6. The Morgan fingerprint density at radius 3 is 2.33 bits per heavy atom. The van der Waals surface area contributed by atoms with Crippen LogP contribution in [0, 0.1) is 0 Å². The Kier molecular flexibility index (Phi) is 6.49. The van der Waals surface area contributed by atoms with E-state index in [1.54, 1.807) is 14.2 Å². The monoisotopic (exact) mass is 368 g/mol. The third kappa shape index (κ3) is 5.11. The fourth-order valence-electron chi connectivity index (χ4n) is 3.06. The van der Waals surface area contributed by atoms with Crippen molar-refractivity contribution in [3.8, 4) is 5.75 Å². The second-order valence-corrected chi connectivity index (χ2v) is 6.33. The lowest BCUT2D eigenvalue weighted by Gasteiger charge is -2.31. The summed E-state index contributed by atoms with van der Waals surface area (Å²) < 4.78 is 22.2. The molecule has 5 nitrogen and oxygen atoms in total. The number of carbonyl (C=O) groups excluding carboxylic acids is 1. The van der Waals surface area contributed by atoms with E-state index in [1.807, 2.05) is 42.5 Å². The predicted octanol–water partition coefficient (Wildman–Crippen LogP) is 3.67. The van der Waals surface area contributed by atoms with Crippen LogP contribution < -0.4 is 4.74 Å². The average Bonchev–Trinajstić information content (AvgIpc) is 2.72. The van der Waals surface area contributed by atoms with Crippen LogP contribution in [0.4, 0.5) is 0 Å². The Morgan fingerprint density at radius 1 is 0.926 bits per heavy atom. The molecule has 0 saturated heterocycles. The summed E-state index contributed by atoms with van der Waals surface area (Å²) in [6, 6.07) is 17.8. The number of aryl methyl sites for hydroxylation is 1. The van der Waals surface area contributed by atoms with Gasteiger partial charge in [0.15, 0.2) is 6.10 Å². The maximum Gasteiger partial charge on any atom is 0.334 e. The maximum absolute atomic E-state index is 11.9. The Balaban J connectivity index is 1.68. The van der Waals surface area contributed by atoms with Crippen LogP contribution in [0.3, 0.4) is 0 Å². The quantitative estimate of drug-likeness (QED) is 0.666. The highest BCUT2D eigenvalue weighted by molar-refractivity contribution is 5.83. The molecule has 2 aromatic carbocycles. The minimum absolute atomic E-state index is 0.384. The van der Waals surface area contributed by atoms with Crippen molar-refractivity contribution in [1.29, 1.82) is 0 Å². The van der Waals surface area contributed by atoms with Gasteiger partial charge < -0.3 is 18.9 Å². The van der Waals surface area contributed by atoms with Crippen molar-refractivity contribution in [3.63, 3.8) is 0 Å². The lowest BCUT2D eigenvalue weighted by atomic mass is 10.0. The minimum atomic E-state index is -0.432. The van der Waals surface area contributed by atoms with E-state index in [9.17, 15) is 4.79 Å². The number of ether oxygens (including phenoxy) is 4. The number of cyclic esters (lactones) is 1. The standard InChI is InChI=1S/C22H24O5/c1-24-18-11-8-17(9-12-18)15-26-22-19(27-21(23)14-20(22)25-2)13-10-16-6-4-3-5-7-16/h3-9,11-12,14,19,22H,10,13,15H2,1-2H3/t19-,22+/m0/s1. The summed E-state index contributed by atoms with van der Waals surface area (Å²) >= 11 is 0. The maximum atomic E-state index is 11.9. The third-order valence-electron chi connectivity index (χ3n) is 4.53. The van der Waals surface area contributed by atoms with Crippen LogP contribution >= 0.6 is 0 Å². The molecule has 0 saturated carbocycles. The number of carbonyl (C=O) groups is 1. The molecule has 5 heteroatoms. The Bertz CT molecular complexity index is 767. The van der Waals surface area contributed by atoms with Gasteiger partial charge in [-0.05, 0) is 36.1 Å². The van der Waals surface area contributed by atoms with E-state index in [-0.39, 0.29) is 0 Å². The minimum Gasteiger partial charge on any atom is -0.498 e. The van der Waals surface area contributed by atoms with Crippen LogP contribution in [0.5, 0.6) is 5.75 Å². The first-order chi connectivity index (χ1) is 13.2. The zero-order valence-corrected chi connectivity index (χ0v) is 15.6. The average molecular weight is 368 g/mol. The number of benzene rings is 2. The molecule has 1 aliphatic rings. The van der Waals surface area contributed by atoms with Gasteiger partial charge in [-0.15, -0.1) is 0 Å². The van der Waals surface area contributed by atoms with Crippen molar-refractivity contribution in [2.75, 3.05) is 14.2 Å². The highest BCUT2D eigenvalue weighted by Crippen LogP contribution is 2.25. The van der Waals surface area contributed by atoms with E-state index in [4.69, 9.17) is 18.9 Å². The smallest absolute Gasteiger partial charge is 0.334 e. The van der Waals surface area contributed by atoms with E-state index < -0.39 is 18.2 Å². The summed E-state index contributed by atoms with van der Waals surface area (Å²) in [5, 5.41) is 0. The third-order valence-corrected chi connectivity index (χ3v) is 4.53. The number of methoxy groups -OCH3 is 2. The second kappa shape index (κ2) is 9.24. The predicted molar refractivity (Wildman–Crippen MR) is 101 cm³/mol. The topological polar surface area (TPSA) is 54.0 Å². The molecule has 142 valence electrons. The molecule has 0 bridgehead atoms. The van der Waals surface area contributed by atoms with E-state index in [0.717, 1.165) is 17.7 Å². The molecule has 0 spiro atoms. The van der Waals surface area contributed by atoms with E-state index in [0.29, 0.717) is 18.8 Å². The van der Waals surface area contributed by atoms with Gasteiger partial charge in [-0.3, -0.25) is 0 Å². The zero-order valence-electron chi connectivity index (χ0n) is 15.6. The molecular weight excluding hydrogens is 344 g/mol. The van der Waals surface area contributed by atoms with Crippen molar-refractivity contribution in [2.24, 2.45) is 0 Å². The molecule has 2 aromatic rings. The van der Waals surface area contributed by atoms with Crippen molar-refractivity contribution in [1.82, 2.24) is 0 Å². The van der Waals surface area contributed by atoms with Crippen LogP contribution in [0.1, 0.15) is 17.5 Å². The van der Waals surface area contributed by atoms with Gasteiger partial charge in [0.25, 0.3) is 0 Å². The number of esters is 1. The van der Waals surface area contributed by atoms with Crippen LogP contribution in [0.15, 0.2) is 66.4 Å². The van der Waals surface area contributed by atoms with Crippen LogP contribution in [0.25, 0.3) is 0 Å². The van der Waals surface area contributed by atoms with E-state index >= 15 is 0 Å². The van der Waals surface area contributed by atoms with Crippen LogP contribution in [-0.4, -0.2) is 32.4 Å². The first kappa shape index (κ1) is 19.0. The highest BCUT2D eigenvalue weighted by Gasteiger charge is 2.34. The SMILES string of the molecule is COC1=CC(=O)O[C@@H](CCc2ccccc2)[C@H]1OCc1ccc(OC)cc1. The van der Waals surface area contributed by atoms with Crippen molar-refractivity contribution < 1.29 is 23.7 Å². The first-order valence-corrected chi connectivity index (χ1v) is 8.94. The second-order valence-electron chi connectivity index (χ2n) is 6.33. The summed E-state index contributed by atoms with van der Waals surface area (Å²) in [7, 11) is 3.18. The van der Waals surface area contributed by atoms with Gasteiger partial charge in [0.1, 0.15) is 17.6 Å². The molecule has 0 aliphatic carbocycles. The Labute approximate surface area is 159 Å². The van der Waals surface area contributed by atoms with Crippen molar-refractivity contribution >= 4 is 5.97 Å². The molecule has 0 radical (unpaired) electrons. The van der Waals surface area contributed by atoms with Gasteiger partial charge in [0.2, 0.25) is 0 Å². The van der Waals surface area contributed by atoms with Crippen molar-refractivity contribution in [2.45, 2.75) is 31.7 Å². The van der Waals surface area contributed by atoms with Crippen LogP contribution in [-0.2, 0) is 32.0 Å². The van der Waals surface area contributed by atoms with E-state index in [2.05, 4.69) is 12.1 Å². The van der Waals surface area contributed by atoms with Gasteiger partial charge in [-0.25, -0.2) is 4.79 Å². The molecule has 0 amide bonds. The molecule has 1 aliphatic heterocycles. The molecule has 0 N–H and O–H groups in total. The molecular formula is C22H24O5. The molecule has 2 atom stereocenters. The Hall–Kier alpha value is -2.79. The Morgan fingerprint density at radius 2 is 1.67 bits per heavy atom. The first-order valence-electron chi connectivity index (χ1n) is 8.94. The fourth-order valence-corrected chi connectivity index (χ4v) is 3.06. The largest absolute Gasteiger partial charge is 0.498 e. The fraction of sp³-hybridized carbons (Fsp3) is 0.318. The number of hydrogen-bond donors (Lipinski definition) is 0. The lowest BCUT2D eigenvalue weighted by molar-refractivity contribution is -0.157. The summed E-state index contributed by atoms with van der Waals surface area (Å²) in [5.74, 6) is 0.899. The van der Waals surface area contributed by atoms with Crippen LogP contribution in [0.2, 0.25) is 0 Å². The molecule has 0 aromatic heterocycles. The van der Waals surface area contributed by atoms with E-state index in [1.165, 1.54) is 11.6 Å². The van der Waals surface area contributed by atoms with Gasteiger partial charge in [0, 0.05) is 0 Å². The van der Waals surface area contributed by atoms with Gasteiger partial charge in [-0.2, -0.15) is 0 Å². The molecule has 27 heavy (non-hydrogen) atoms. The molecule has 0 fully saturated rings. The van der Waals surface area contributed by atoms with Gasteiger partial charge >= 0.3 is 5.97 Å². The van der Waals surface area contributed by atoms with Gasteiger partial charge in [0.05, 0.1) is 26.9 Å². The zero-order chi connectivity index (χ0) is 19.1. The normalized spacial score (nSPS) is 19.2. The number of rotatable bonds is 8. The molecule has 3 rings (SSSR count). The summed E-state index contributed by atoms with van der Waals surface area (Å²) in [6.07, 6.45) is 1.98. The molecule has 1 heterocycles. The summed E-state index contributed by atoms with van der Waals surface area (Å²) in [5.41, 5.74) is 2.20. The van der Waals surface area contributed by atoms with Crippen molar-refractivity contribution in [3.05, 3.63) is 77.6 Å². The summed E-state index contributed by atoms with van der Waals surface area (Å²) in [6.45, 7) is 0.384.